The van der Waals surface area contributed by atoms with E-state index in [-0.39, 0.29) is 12.1 Å². The predicted molar refractivity (Wildman–Crippen MR) is 66.1 cm³/mol. The Morgan fingerprint density at radius 2 is 2.24 bits per heavy atom. The number of nitrogens with two attached hydrogens (primary N) is 1. The fraction of sp³-hybridized carbons (Fsp3) is 0.571. The van der Waals surface area contributed by atoms with Crippen LogP contribution in [0, 0.1) is 0 Å². The molecule has 2 N–H and O–H groups in total. The molecule has 3 nitrogen and oxygen atoms in total. The molecule has 3 rings (SSSR count). The third-order valence-electron chi connectivity index (χ3n) is 3.76. The Morgan fingerprint density at radius 3 is 3.00 bits per heavy atom. The van der Waals surface area contributed by atoms with Crippen molar-refractivity contribution in [2.24, 2.45) is 5.73 Å². The summed E-state index contributed by atoms with van der Waals surface area (Å²) in [6.07, 6.45) is 3.70. The molecule has 0 radical (unpaired) electrons. The van der Waals surface area contributed by atoms with Gasteiger partial charge in [-0.15, -0.1) is 0 Å². The molecule has 17 heavy (non-hydrogen) atoms. The molecule has 1 aromatic rings. The zero-order valence-corrected chi connectivity index (χ0v) is 10.2. The van der Waals surface area contributed by atoms with E-state index in [9.17, 15) is 0 Å². The summed E-state index contributed by atoms with van der Waals surface area (Å²) < 4.78 is 11.3. The summed E-state index contributed by atoms with van der Waals surface area (Å²) in [6.45, 7) is 2.91. The smallest absolute Gasteiger partial charge is 0.122 e. The first-order valence-corrected chi connectivity index (χ1v) is 6.40. The zero-order chi connectivity index (χ0) is 11.8. The fourth-order valence-corrected chi connectivity index (χ4v) is 2.73. The Morgan fingerprint density at radius 1 is 1.35 bits per heavy atom. The van der Waals surface area contributed by atoms with E-state index in [0.717, 1.165) is 31.6 Å². The Hall–Kier alpha value is -1.06. The minimum Gasteiger partial charge on any atom is -0.493 e. The maximum atomic E-state index is 6.29. The molecule has 0 aromatic heterocycles. The topological polar surface area (TPSA) is 44.5 Å². The molecule has 2 aliphatic rings. The average molecular weight is 233 g/mol. The van der Waals surface area contributed by atoms with Crippen LogP contribution in [0.15, 0.2) is 18.2 Å². The van der Waals surface area contributed by atoms with E-state index >= 15 is 0 Å². The largest absolute Gasteiger partial charge is 0.493 e. The van der Waals surface area contributed by atoms with Crippen LogP contribution >= 0.6 is 0 Å². The molecule has 2 aliphatic heterocycles. The highest BCUT2D eigenvalue weighted by atomic mass is 16.5. The van der Waals surface area contributed by atoms with Crippen molar-refractivity contribution >= 4 is 0 Å². The third-order valence-corrected chi connectivity index (χ3v) is 3.76. The van der Waals surface area contributed by atoms with Gasteiger partial charge in [0.2, 0.25) is 0 Å². The minimum atomic E-state index is -0.00847. The third kappa shape index (κ3) is 2.05. The van der Waals surface area contributed by atoms with E-state index in [4.69, 9.17) is 15.2 Å². The van der Waals surface area contributed by atoms with Crippen molar-refractivity contribution in [2.45, 2.75) is 44.4 Å². The number of rotatable bonds is 2. The maximum absolute atomic E-state index is 6.29. The van der Waals surface area contributed by atoms with Crippen molar-refractivity contribution in [1.29, 1.82) is 0 Å². The lowest BCUT2D eigenvalue weighted by Gasteiger charge is -2.20. The van der Waals surface area contributed by atoms with Crippen LogP contribution in [0.25, 0.3) is 0 Å². The van der Waals surface area contributed by atoms with Crippen LogP contribution in [0.5, 0.6) is 5.75 Å². The van der Waals surface area contributed by atoms with Gasteiger partial charge in [-0.05, 0) is 37.0 Å². The molecule has 0 bridgehead atoms. The molecule has 0 amide bonds. The Bertz CT molecular complexity index is 419. The molecule has 1 fully saturated rings. The van der Waals surface area contributed by atoms with E-state index in [1.54, 1.807) is 0 Å². The Labute approximate surface area is 102 Å². The van der Waals surface area contributed by atoms with Gasteiger partial charge in [0.15, 0.2) is 0 Å². The van der Waals surface area contributed by atoms with Gasteiger partial charge in [-0.2, -0.15) is 0 Å². The van der Waals surface area contributed by atoms with E-state index in [0.29, 0.717) is 6.10 Å². The predicted octanol–water partition coefficient (Wildman–Crippen LogP) is 2.19. The number of hydrogen-bond donors (Lipinski definition) is 1. The summed E-state index contributed by atoms with van der Waals surface area (Å²) in [4.78, 5) is 0. The first kappa shape index (κ1) is 11.1. The van der Waals surface area contributed by atoms with Gasteiger partial charge in [-0.1, -0.05) is 12.1 Å². The number of hydrogen-bond acceptors (Lipinski definition) is 3. The second kappa shape index (κ2) is 4.31. The fourth-order valence-electron chi connectivity index (χ4n) is 2.73. The van der Waals surface area contributed by atoms with Gasteiger partial charge in [0, 0.05) is 6.42 Å². The standard InChI is InChI=1S/C14H19NO2/c1-9-2-4-13(17-9)14(15)11-3-5-12-10(8-11)6-7-16-12/h3,5,8-9,13-14H,2,4,6-7,15H2,1H3. The second-order valence-electron chi connectivity index (χ2n) is 5.05. The van der Waals surface area contributed by atoms with Gasteiger partial charge in [-0.25, -0.2) is 0 Å². The zero-order valence-electron chi connectivity index (χ0n) is 10.2. The lowest BCUT2D eigenvalue weighted by Crippen LogP contribution is -2.26. The first-order chi connectivity index (χ1) is 8.24. The summed E-state index contributed by atoms with van der Waals surface area (Å²) in [5.41, 5.74) is 8.75. The van der Waals surface area contributed by atoms with E-state index in [1.165, 1.54) is 11.1 Å². The number of ether oxygens (including phenoxy) is 2. The minimum absolute atomic E-state index is 0.00847. The van der Waals surface area contributed by atoms with Gasteiger partial charge in [0.05, 0.1) is 24.9 Å². The van der Waals surface area contributed by atoms with E-state index < -0.39 is 0 Å². The number of fused-ring (bicyclic) bond motifs is 1. The molecular weight excluding hydrogens is 214 g/mol. The van der Waals surface area contributed by atoms with Gasteiger partial charge >= 0.3 is 0 Å². The molecule has 0 spiro atoms. The highest BCUT2D eigenvalue weighted by Crippen LogP contribution is 2.32. The van der Waals surface area contributed by atoms with Crippen LogP contribution in [-0.4, -0.2) is 18.8 Å². The van der Waals surface area contributed by atoms with Crippen LogP contribution in [0.2, 0.25) is 0 Å². The lowest BCUT2D eigenvalue weighted by molar-refractivity contribution is 0.0401. The average Bonchev–Trinajstić information content (AvgIpc) is 2.95. The van der Waals surface area contributed by atoms with Crippen LogP contribution in [0.1, 0.15) is 36.9 Å². The van der Waals surface area contributed by atoms with Crippen molar-refractivity contribution in [3.63, 3.8) is 0 Å². The normalized spacial score (nSPS) is 28.8. The van der Waals surface area contributed by atoms with Crippen molar-refractivity contribution in [1.82, 2.24) is 0 Å². The van der Waals surface area contributed by atoms with Crippen molar-refractivity contribution in [3.8, 4) is 5.75 Å². The van der Waals surface area contributed by atoms with Crippen LogP contribution < -0.4 is 10.5 Å². The molecule has 3 heteroatoms. The molecular formula is C14H19NO2. The Balaban J connectivity index is 1.79. The molecule has 0 saturated carbocycles. The summed E-state index contributed by atoms with van der Waals surface area (Å²) in [5.74, 6) is 1.02. The van der Waals surface area contributed by atoms with Crippen LogP contribution in [-0.2, 0) is 11.2 Å². The van der Waals surface area contributed by atoms with E-state index in [1.807, 2.05) is 6.07 Å². The SMILES string of the molecule is CC1CCC(C(N)c2ccc3c(c2)CCO3)O1. The molecule has 1 aromatic carbocycles. The molecule has 1 saturated heterocycles. The first-order valence-electron chi connectivity index (χ1n) is 6.40. The molecule has 0 aliphatic carbocycles. The molecule has 3 atom stereocenters. The second-order valence-corrected chi connectivity index (χ2v) is 5.05. The van der Waals surface area contributed by atoms with Crippen molar-refractivity contribution in [3.05, 3.63) is 29.3 Å². The van der Waals surface area contributed by atoms with Gasteiger partial charge in [0.25, 0.3) is 0 Å². The molecule has 2 heterocycles. The summed E-state index contributed by atoms with van der Waals surface area (Å²) in [6, 6.07) is 6.28. The molecule has 3 unspecified atom stereocenters. The quantitative estimate of drug-likeness (QED) is 0.851. The van der Waals surface area contributed by atoms with Crippen LogP contribution in [0.4, 0.5) is 0 Å². The van der Waals surface area contributed by atoms with E-state index in [2.05, 4.69) is 19.1 Å². The van der Waals surface area contributed by atoms with Crippen molar-refractivity contribution in [2.75, 3.05) is 6.61 Å². The number of benzene rings is 1. The molecule has 92 valence electrons. The van der Waals surface area contributed by atoms with Crippen molar-refractivity contribution < 1.29 is 9.47 Å². The lowest BCUT2D eigenvalue weighted by atomic mass is 9.97. The van der Waals surface area contributed by atoms with Crippen LogP contribution in [0.3, 0.4) is 0 Å². The highest BCUT2D eigenvalue weighted by molar-refractivity contribution is 5.41. The monoisotopic (exact) mass is 233 g/mol. The van der Waals surface area contributed by atoms with Gasteiger partial charge < -0.3 is 15.2 Å². The van der Waals surface area contributed by atoms with Gasteiger partial charge in [-0.3, -0.25) is 0 Å². The summed E-state index contributed by atoms with van der Waals surface area (Å²) >= 11 is 0. The maximum Gasteiger partial charge on any atom is 0.122 e. The van der Waals surface area contributed by atoms with Gasteiger partial charge in [0.1, 0.15) is 5.75 Å². The summed E-state index contributed by atoms with van der Waals surface area (Å²) in [7, 11) is 0. The Kier molecular flexibility index (Phi) is 2.81. The highest BCUT2D eigenvalue weighted by Gasteiger charge is 2.28. The summed E-state index contributed by atoms with van der Waals surface area (Å²) in [5, 5.41) is 0.